The number of ether oxygens (including phenoxy) is 1. The van der Waals surface area contributed by atoms with Gasteiger partial charge in [-0.25, -0.2) is 0 Å². The normalized spacial score (nSPS) is 11.3. The fourth-order valence-corrected chi connectivity index (χ4v) is 5.25. The van der Waals surface area contributed by atoms with Gasteiger partial charge in [0.25, 0.3) is 0 Å². The fourth-order valence-electron chi connectivity index (χ4n) is 5.25. The molecular formula is C36H73NaO6S. The molecule has 0 aliphatic heterocycles. The Morgan fingerprint density at radius 1 is 0.500 bits per heavy atom. The van der Waals surface area contributed by atoms with Crippen molar-refractivity contribution in [3.63, 3.8) is 0 Å². The van der Waals surface area contributed by atoms with Gasteiger partial charge in [-0.1, -0.05) is 174 Å². The van der Waals surface area contributed by atoms with Crippen molar-refractivity contribution in [1.29, 1.82) is 0 Å². The Balaban J connectivity index is -0.00000257. The SMILES string of the molecule is CCCCCCCC/C=C\CCCCCCCCOC(=O)CCCCCCCCCCCCCCCCC.O=S(=O)(O)O.[NaH]. The zero-order valence-corrected chi connectivity index (χ0v) is 29.3. The number of hydrogen-bond acceptors (Lipinski definition) is 4. The van der Waals surface area contributed by atoms with Gasteiger partial charge in [-0.15, -0.1) is 0 Å². The maximum absolute atomic E-state index is 11.9. The summed E-state index contributed by atoms with van der Waals surface area (Å²) in [4.78, 5) is 11.9. The summed E-state index contributed by atoms with van der Waals surface area (Å²) < 4.78 is 37.0. The summed E-state index contributed by atoms with van der Waals surface area (Å²) in [6.07, 6.45) is 44.1. The topological polar surface area (TPSA) is 101 Å². The van der Waals surface area contributed by atoms with Crippen molar-refractivity contribution in [3.8, 4) is 0 Å². The first kappa shape index (κ1) is 48.5. The van der Waals surface area contributed by atoms with Gasteiger partial charge < -0.3 is 4.74 Å². The third-order valence-electron chi connectivity index (χ3n) is 7.90. The first-order chi connectivity index (χ1) is 20.8. The van der Waals surface area contributed by atoms with Crippen LogP contribution in [0.3, 0.4) is 0 Å². The molecule has 8 heteroatoms. The molecule has 0 fully saturated rings. The van der Waals surface area contributed by atoms with Crippen molar-refractivity contribution < 1.29 is 27.1 Å². The van der Waals surface area contributed by atoms with Gasteiger partial charge in [0.15, 0.2) is 0 Å². The molecule has 0 bridgehead atoms. The van der Waals surface area contributed by atoms with E-state index in [1.807, 2.05) is 0 Å². The van der Waals surface area contributed by atoms with Gasteiger partial charge in [-0.2, -0.15) is 8.42 Å². The molecule has 0 amide bonds. The molecule has 2 N–H and O–H groups in total. The van der Waals surface area contributed by atoms with Crippen LogP contribution in [0.4, 0.5) is 0 Å². The van der Waals surface area contributed by atoms with Crippen LogP contribution in [0.5, 0.6) is 0 Å². The number of rotatable bonds is 32. The van der Waals surface area contributed by atoms with Crippen LogP contribution in [-0.4, -0.2) is 59.7 Å². The number of carbonyl (C=O) groups excluding carboxylic acids is 1. The summed E-state index contributed by atoms with van der Waals surface area (Å²) in [6.45, 7) is 5.19. The zero-order chi connectivity index (χ0) is 32.1. The van der Waals surface area contributed by atoms with Gasteiger partial charge in [0, 0.05) is 6.42 Å². The number of carbonyl (C=O) groups is 1. The van der Waals surface area contributed by atoms with Crippen LogP contribution in [0.25, 0.3) is 0 Å². The van der Waals surface area contributed by atoms with Gasteiger partial charge in [0.2, 0.25) is 0 Å². The summed E-state index contributed by atoms with van der Waals surface area (Å²) in [5.74, 6) is 0.0208. The Morgan fingerprint density at radius 2 is 0.773 bits per heavy atom. The van der Waals surface area contributed by atoms with E-state index in [2.05, 4.69) is 26.0 Å². The molecule has 0 aromatic heterocycles. The van der Waals surface area contributed by atoms with Crippen LogP contribution in [0, 0.1) is 0 Å². The minimum absolute atomic E-state index is 0. The van der Waals surface area contributed by atoms with E-state index in [4.69, 9.17) is 22.3 Å². The summed E-state index contributed by atoms with van der Waals surface area (Å²) in [5, 5.41) is 0. The number of esters is 1. The number of allylic oxidation sites excluding steroid dienone is 2. The van der Waals surface area contributed by atoms with Crippen molar-refractivity contribution in [2.75, 3.05) is 6.61 Å². The van der Waals surface area contributed by atoms with Crippen molar-refractivity contribution in [2.24, 2.45) is 0 Å². The van der Waals surface area contributed by atoms with E-state index in [1.54, 1.807) is 0 Å². The maximum atomic E-state index is 11.9. The first-order valence-corrected chi connectivity index (χ1v) is 19.7. The molecule has 0 aliphatic carbocycles. The van der Waals surface area contributed by atoms with E-state index in [0.29, 0.717) is 13.0 Å². The van der Waals surface area contributed by atoms with Gasteiger partial charge in [0.05, 0.1) is 6.61 Å². The Kier molecular flexibility index (Phi) is 45.3. The van der Waals surface area contributed by atoms with Gasteiger partial charge in [0.1, 0.15) is 0 Å². The van der Waals surface area contributed by atoms with Gasteiger partial charge in [-0.3, -0.25) is 13.9 Å². The van der Waals surface area contributed by atoms with Crippen molar-refractivity contribution in [3.05, 3.63) is 12.2 Å². The molecule has 0 saturated carbocycles. The second-order valence-corrected chi connectivity index (χ2v) is 13.2. The summed E-state index contributed by atoms with van der Waals surface area (Å²) in [5.41, 5.74) is 0. The third kappa shape index (κ3) is 54.6. The number of unbranched alkanes of at least 4 members (excludes halogenated alkanes) is 26. The Labute approximate surface area is 296 Å². The molecule has 0 radical (unpaired) electrons. The molecule has 260 valence electrons. The Hall–Kier alpha value is 0.0800. The predicted molar refractivity (Wildman–Crippen MR) is 191 cm³/mol. The molecule has 0 spiro atoms. The monoisotopic (exact) mass is 657 g/mol. The molecule has 0 unspecified atom stereocenters. The van der Waals surface area contributed by atoms with Crippen molar-refractivity contribution in [2.45, 2.75) is 206 Å². The molecule has 0 aromatic rings. The van der Waals surface area contributed by atoms with E-state index in [9.17, 15) is 4.79 Å². The molecule has 0 aliphatic rings. The molecule has 0 atom stereocenters. The van der Waals surface area contributed by atoms with Crippen molar-refractivity contribution in [1.82, 2.24) is 0 Å². The van der Waals surface area contributed by atoms with Gasteiger partial charge in [-0.05, 0) is 38.5 Å². The first-order valence-electron chi connectivity index (χ1n) is 18.3. The van der Waals surface area contributed by atoms with E-state index >= 15 is 0 Å². The number of hydrogen-bond donors (Lipinski definition) is 2. The molecule has 0 aromatic carbocycles. The molecule has 0 heterocycles. The average Bonchev–Trinajstić information content (AvgIpc) is 2.96. The van der Waals surface area contributed by atoms with E-state index < -0.39 is 10.4 Å². The molecule has 6 nitrogen and oxygen atoms in total. The van der Waals surface area contributed by atoms with E-state index in [0.717, 1.165) is 12.8 Å². The van der Waals surface area contributed by atoms with Gasteiger partial charge >= 0.3 is 45.9 Å². The predicted octanol–water partition coefficient (Wildman–Crippen LogP) is 11.5. The standard InChI is InChI=1S/C36H70O2.Na.H2O4S.H/c1-3-5-7-9-11-13-15-17-19-21-23-25-27-29-31-33-35-38-36(37)34-32-30-28-26-24-22-20-18-16-14-12-10-8-6-4-2;;1-5(2,3)4;/h17,19H,3-16,18,20-35H2,1-2H3;;(H2,1,2,3,4);/b19-17-;;;. The fraction of sp³-hybridized carbons (Fsp3) is 0.917. The summed E-state index contributed by atoms with van der Waals surface area (Å²) in [7, 11) is -4.67. The second-order valence-electron chi connectivity index (χ2n) is 12.3. The minimum atomic E-state index is -4.67. The van der Waals surface area contributed by atoms with Crippen LogP contribution in [0.2, 0.25) is 0 Å². The van der Waals surface area contributed by atoms with Crippen LogP contribution in [0.15, 0.2) is 12.2 Å². The van der Waals surface area contributed by atoms with Crippen LogP contribution < -0.4 is 0 Å². The van der Waals surface area contributed by atoms with Crippen molar-refractivity contribution >= 4 is 45.9 Å². The molecule has 0 rings (SSSR count). The van der Waals surface area contributed by atoms with Crippen LogP contribution in [-0.2, 0) is 19.9 Å². The quantitative estimate of drug-likeness (QED) is 0.0246. The average molecular weight is 657 g/mol. The Morgan fingerprint density at radius 3 is 1.11 bits per heavy atom. The van der Waals surface area contributed by atoms with Crippen LogP contribution in [0.1, 0.15) is 206 Å². The van der Waals surface area contributed by atoms with E-state index in [1.165, 1.54) is 173 Å². The summed E-state index contributed by atoms with van der Waals surface area (Å²) >= 11 is 0. The Bertz CT molecular complexity index is 676. The molecule has 44 heavy (non-hydrogen) atoms. The molecule has 0 saturated heterocycles. The summed E-state index contributed by atoms with van der Waals surface area (Å²) in [6, 6.07) is 0. The third-order valence-corrected chi connectivity index (χ3v) is 7.90. The van der Waals surface area contributed by atoms with Crippen LogP contribution >= 0.6 is 0 Å². The molecular weight excluding hydrogens is 583 g/mol. The zero-order valence-electron chi connectivity index (χ0n) is 28.5. The second kappa shape index (κ2) is 41.1. The van der Waals surface area contributed by atoms with E-state index in [-0.39, 0.29) is 35.5 Å².